The highest BCUT2D eigenvalue weighted by Gasteiger charge is 2.15. The first-order valence-corrected chi connectivity index (χ1v) is 8.42. The molecular weight excluding hydrogens is 290 g/mol. The van der Waals surface area contributed by atoms with Crippen LogP contribution in [0.4, 0.5) is 0 Å². The predicted molar refractivity (Wildman–Crippen MR) is 90.4 cm³/mol. The minimum atomic E-state index is 0.0865. The number of nitrogens with one attached hydrogen (secondary N) is 2. The van der Waals surface area contributed by atoms with Crippen LogP contribution in [-0.2, 0) is 16.0 Å². The van der Waals surface area contributed by atoms with Crippen LogP contribution in [0.5, 0.6) is 0 Å². The quantitative estimate of drug-likeness (QED) is 0.891. The molecule has 0 bridgehead atoms. The molecule has 124 valence electrons. The smallest absolute Gasteiger partial charge is 0.220 e. The Morgan fingerprint density at radius 1 is 1.39 bits per heavy atom. The van der Waals surface area contributed by atoms with E-state index in [1.165, 1.54) is 11.1 Å². The van der Waals surface area contributed by atoms with Crippen molar-refractivity contribution in [2.24, 2.45) is 5.92 Å². The van der Waals surface area contributed by atoms with Crippen molar-refractivity contribution in [2.45, 2.75) is 39.5 Å². The van der Waals surface area contributed by atoms with E-state index < -0.39 is 0 Å². The van der Waals surface area contributed by atoms with Crippen molar-refractivity contribution in [3.63, 3.8) is 0 Å². The highest BCUT2D eigenvalue weighted by molar-refractivity contribution is 5.78. The van der Waals surface area contributed by atoms with Gasteiger partial charge in [0.05, 0.1) is 17.6 Å². The van der Waals surface area contributed by atoms with Gasteiger partial charge in [-0.05, 0) is 55.9 Å². The van der Waals surface area contributed by atoms with Gasteiger partial charge >= 0.3 is 0 Å². The zero-order chi connectivity index (χ0) is 16.2. The number of aromatic nitrogens is 2. The van der Waals surface area contributed by atoms with E-state index in [1.807, 2.05) is 0 Å². The number of ether oxygens (including phenoxy) is 1. The minimum absolute atomic E-state index is 0.0865. The normalized spacial score (nSPS) is 18.3. The van der Waals surface area contributed by atoms with Crippen molar-refractivity contribution in [1.82, 2.24) is 15.3 Å². The number of hydrogen-bond acceptors (Lipinski definition) is 3. The number of carbonyl (C=O) groups is 1. The van der Waals surface area contributed by atoms with Crippen LogP contribution in [0.3, 0.4) is 0 Å². The van der Waals surface area contributed by atoms with Crippen LogP contribution in [0.1, 0.15) is 36.2 Å². The van der Waals surface area contributed by atoms with E-state index in [4.69, 9.17) is 4.74 Å². The van der Waals surface area contributed by atoms with Gasteiger partial charge in [-0.15, -0.1) is 0 Å². The van der Waals surface area contributed by atoms with E-state index in [2.05, 4.69) is 41.3 Å². The average molecular weight is 315 g/mol. The number of H-pyrrole nitrogens is 1. The molecule has 3 rings (SSSR count). The molecule has 1 fully saturated rings. The number of nitrogens with zero attached hydrogens (tertiary/aromatic N) is 1. The van der Waals surface area contributed by atoms with Gasteiger partial charge in [0.15, 0.2) is 0 Å². The second-order valence-electron chi connectivity index (χ2n) is 6.52. The largest absolute Gasteiger partial charge is 0.381 e. The van der Waals surface area contributed by atoms with Crippen LogP contribution in [0.2, 0.25) is 0 Å². The van der Waals surface area contributed by atoms with Gasteiger partial charge in [0.1, 0.15) is 5.82 Å². The Labute approximate surface area is 136 Å². The van der Waals surface area contributed by atoms with E-state index in [0.717, 1.165) is 49.5 Å². The molecule has 0 spiro atoms. The molecule has 0 unspecified atom stereocenters. The standard InChI is InChI=1S/C18H25N3O2/c1-12-8-15-16(9-13(12)2)21-17(20-15)5-6-18(22)19-10-14-4-3-7-23-11-14/h8-9,14H,3-7,10-11H2,1-2H3,(H,19,22)(H,20,21)/t14-/m0/s1. The molecule has 1 amide bonds. The number of amides is 1. The van der Waals surface area contributed by atoms with E-state index >= 15 is 0 Å². The lowest BCUT2D eigenvalue weighted by molar-refractivity contribution is -0.121. The second-order valence-corrected chi connectivity index (χ2v) is 6.52. The van der Waals surface area contributed by atoms with Gasteiger partial charge in [0, 0.05) is 26.0 Å². The molecular formula is C18H25N3O2. The lowest BCUT2D eigenvalue weighted by Gasteiger charge is -2.22. The molecule has 1 atom stereocenters. The van der Waals surface area contributed by atoms with Crippen LogP contribution >= 0.6 is 0 Å². The zero-order valence-electron chi connectivity index (χ0n) is 13.9. The number of carbonyl (C=O) groups excluding carboxylic acids is 1. The Kier molecular flexibility index (Phi) is 4.96. The summed E-state index contributed by atoms with van der Waals surface area (Å²) >= 11 is 0. The molecule has 2 heterocycles. The van der Waals surface area contributed by atoms with Crippen LogP contribution in [0, 0.1) is 19.8 Å². The van der Waals surface area contributed by atoms with Crippen LogP contribution in [-0.4, -0.2) is 35.6 Å². The highest BCUT2D eigenvalue weighted by atomic mass is 16.5. The SMILES string of the molecule is Cc1cc2nc(CCC(=O)NC[C@@H]3CCCOC3)[nH]c2cc1C. The fourth-order valence-electron chi connectivity index (χ4n) is 2.99. The summed E-state index contributed by atoms with van der Waals surface area (Å²) in [4.78, 5) is 19.9. The van der Waals surface area contributed by atoms with E-state index in [1.54, 1.807) is 0 Å². The lowest BCUT2D eigenvalue weighted by Crippen LogP contribution is -2.33. The summed E-state index contributed by atoms with van der Waals surface area (Å²) in [5.74, 6) is 1.43. The van der Waals surface area contributed by atoms with E-state index in [-0.39, 0.29) is 5.91 Å². The molecule has 1 aromatic heterocycles. The fraction of sp³-hybridized carbons (Fsp3) is 0.556. The highest BCUT2D eigenvalue weighted by Crippen LogP contribution is 2.18. The molecule has 1 aromatic carbocycles. The Morgan fingerprint density at radius 3 is 3.00 bits per heavy atom. The summed E-state index contributed by atoms with van der Waals surface area (Å²) in [5.41, 5.74) is 4.51. The third-order valence-corrected chi connectivity index (χ3v) is 4.58. The summed E-state index contributed by atoms with van der Waals surface area (Å²) in [6.07, 6.45) is 3.34. The lowest BCUT2D eigenvalue weighted by atomic mass is 10.0. The molecule has 5 heteroatoms. The molecule has 0 aliphatic carbocycles. The molecule has 0 radical (unpaired) electrons. The van der Waals surface area contributed by atoms with E-state index in [9.17, 15) is 4.79 Å². The molecule has 5 nitrogen and oxygen atoms in total. The third-order valence-electron chi connectivity index (χ3n) is 4.58. The summed E-state index contributed by atoms with van der Waals surface area (Å²) in [6.45, 7) is 6.53. The monoisotopic (exact) mass is 315 g/mol. The molecule has 2 N–H and O–H groups in total. The number of hydrogen-bond donors (Lipinski definition) is 2. The Balaban J connectivity index is 1.50. The molecule has 23 heavy (non-hydrogen) atoms. The predicted octanol–water partition coefficient (Wildman–Crippen LogP) is 2.66. The molecule has 1 aliphatic heterocycles. The van der Waals surface area contributed by atoms with Gasteiger partial charge in [-0.3, -0.25) is 4.79 Å². The average Bonchev–Trinajstić information content (AvgIpc) is 2.94. The number of rotatable bonds is 5. The maximum atomic E-state index is 12.0. The van der Waals surface area contributed by atoms with Gasteiger partial charge in [-0.25, -0.2) is 4.98 Å². The zero-order valence-corrected chi connectivity index (χ0v) is 13.9. The maximum absolute atomic E-state index is 12.0. The van der Waals surface area contributed by atoms with Gasteiger partial charge < -0.3 is 15.0 Å². The van der Waals surface area contributed by atoms with Gasteiger partial charge in [0.2, 0.25) is 5.91 Å². The van der Waals surface area contributed by atoms with Gasteiger partial charge in [-0.1, -0.05) is 0 Å². The van der Waals surface area contributed by atoms with Crippen molar-refractivity contribution in [2.75, 3.05) is 19.8 Å². The first-order chi connectivity index (χ1) is 11.1. The topological polar surface area (TPSA) is 67.0 Å². The molecule has 0 saturated carbocycles. The van der Waals surface area contributed by atoms with Crippen LogP contribution in [0.15, 0.2) is 12.1 Å². The fourth-order valence-corrected chi connectivity index (χ4v) is 2.99. The number of aromatic amines is 1. The summed E-state index contributed by atoms with van der Waals surface area (Å²) in [5, 5.41) is 3.01. The second kappa shape index (κ2) is 7.13. The number of benzene rings is 1. The first kappa shape index (κ1) is 16.0. The number of aryl methyl sites for hydroxylation is 3. The van der Waals surface area contributed by atoms with Crippen molar-refractivity contribution < 1.29 is 9.53 Å². The molecule has 2 aromatic rings. The molecule has 1 saturated heterocycles. The van der Waals surface area contributed by atoms with Gasteiger partial charge in [-0.2, -0.15) is 0 Å². The molecule has 1 aliphatic rings. The number of imidazole rings is 1. The first-order valence-electron chi connectivity index (χ1n) is 8.42. The summed E-state index contributed by atoms with van der Waals surface area (Å²) in [6, 6.07) is 4.21. The van der Waals surface area contributed by atoms with Crippen molar-refractivity contribution in [1.29, 1.82) is 0 Å². The van der Waals surface area contributed by atoms with Crippen molar-refractivity contribution in [3.05, 3.63) is 29.1 Å². The maximum Gasteiger partial charge on any atom is 0.220 e. The van der Waals surface area contributed by atoms with Crippen LogP contribution < -0.4 is 5.32 Å². The van der Waals surface area contributed by atoms with Crippen LogP contribution in [0.25, 0.3) is 11.0 Å². The number of fused-ring (bicyclic) bond motifs is 1. The van der Waals surface area contributed by atoms with E-state index in [0.29, 0.717) is 18.8 Å². The summed E-state index contributed by atoms with van der Waals surface area (Å²) < 4.78 is 5.43. The summed E-state index contributed by atoms with van der Waals surface area (Å²) in [7, 11) is 0. The Bertz CT molecular complexity index is 648. The Hall–Kier alpha value is -1.88. The van der Waals surface area contributed by atoms with Gasteiger partial charge in [0.25, 0.3) is 0 Å². The van der Waals surface area contributed by atoms with Crippen molar-refractivity contribution >= 4 is 16.9 Å². The third kappa shape index (κ3) is 4.10. The Morgan fingerprint density at radius 2 is 2.22 bits per heavy atom. The van der Waals surface area contributed by atoms with Crippen molar-refractivity contribution in [3.8, 4) is 0 Å². The minimum Gasteiger partial charge on any atom is -0.381 e.